The standard InChI is InChI=1S/C17H13ClN4O3/c1-25-17(24)13-8-12(3-4-14(13)18)21-16(23)11-2-5-15(20-9-11)22-7-6-19-10-22/h2-10H,1H3,(H,21,23). The van der Waals surface area contributed by atoms with Crippen LogP contribution in [0.25, 0.3) is 5.82 Å². The van der Waals surface area contributed by atoms with Crippen LogP contribution in [0.1, 0.15) is 20.7 Å². The number of hydrogen-bond acceptors (Lipinski definition) is 5. The second-order valence-electron chi connectivity index (χ2n) is 5.02. The third-order valence-electron chi connectivity index (χ3n) is 3.41. The van der Waals surface area contributed by atoms with E-state index in [1.807, 2.05) is 0 Å². The first-order valence-corrected chi connectivity index (χ1v) is 7.60. The second kappa shape index (κ2) is 7.14. The van der Waals surface area contributed by atoms with Crippen molar-refractivity contribution < 1.29 is 14.3 Å². The van der Waals surface area contributed by atoms with Crippen LogP contribution in [-0.4, -0.2) is 33.5 Å². The predicted octanol–water partition coefficient (Wildman–Crippen LogP) is 2.96. The average Bonchev–Trinajstić information content (AvgIpc) is 3.17. The van der Waals surface area contributed by atoms with E-state index in [2.05, 4.69) is 20.0 Å². The van der Waals surface area contributed by atoms with Crippen molar-refractivity contribution in [3.63, 3.8) is 0 Å². The summed E-state index contributed by atoms with van der Waals surface area (Å²) in [5.74, 6) is -0.288. The van der Waals surface area contributed by atoms with Crippen molar-refractivity contribution in [3.8, 4) is 5.82 Å². The quantitative estimate of drug-likeness (QED) is 0.726. The van der Waals surface area contributed by atoms with Gasteiger partial charge in [0.05, 0.1) is 23.3 Å². The lowest BCUT2D eigenvalue weighted by atomic mass is 10.2. The van der Waals surface area contributed by atoms with Crippen LogP contribution >= 0.6 is 11.6 Å². The first-order valence-electron chi connectivity index (χ1n) is 7.22. The predicted molar refractivity (Wildman–Crippen MR) is 92.1 cm³/mol. The molecular formula is C17H13ClN4O3. The molecule has 0 radical (unpaired) electrons. The van der Waals surface area contributed by atoms with Gasteiger partial charge in [-0.25, -0.2) is 14.8 Å². The van der Waals surface area contributed by atoms with Gasteiger partial charge in [0.15, 0.2) is 0 Å². The molecule has 0 fully saturated rings. The summed E-state index contributed by atoms with van der Waals surface area (Å²) in [5, 5.41) is 2.94. The van der Waals surface area contributed by atoms with Crippen LogP contribution in [0.15, 0.2) is 55.2 Å². The lowest BCUT2D eigenvalue weighted by Crippen LogP contribution is -2.13. The molecule has 1 amide bonds. The van der Waals surface area contributed by atoms with Crippen LogP contribution in [0.5, 0.6) is 0 Å². The lowest BCUT2D eigenvalue weighted by Gasteiger charge is -2.08. The molecule has 0 unspecified atom stereocenters. The summed E-state index contributed by atoms with van der Waals surface area (Å²) >= 11 is 5.96. The summed E-state index contributed by atoms with van der Waals surface area (Å²) in [6.07, 6.45) is 6.47. The molecule has 25 heavy (non-hydrogen) atoms. The van der Waals surface area contributed by atoms with Crippen molar-refractivity contribution in [1.82, 2.24) is 14.5 Å². The monoisotopic (exact) mass is 356 g/mol. The zero-order valence-corrected chi connectivity index (χ0v) is 13.9. The molecule has 7 nitrogen and oxygen atoms in total. The molecule has 126 valence electrons. The van der Waals surface area contributed by atoms with E-state index >= 15 is 0 Å². The number of carbonyl (C=O) groups excluding carboxylic acids is 2. The van der Waals surface area contributed by atoms with Crippen LogP contribution in [0.3, 0.4) is 0 Å². The molecule has 0 saturated heterocycles. The van der Waals surface area contributed by atoms with Gasteiger partial charge in [0.2, 0.25) is 0 Å². The topological polar surface area (TPSA) is 86.1 Å². The van der Waals surface area contributed by atoms with Crippen molar-refractivity contribution in [2.45, 2.75) is 0 Å². The Morgan fingerprint density at radius 3 is 2.72 bits per heavy atom. The summed E-state index contributed by atoms with van der Waals surface area (Å²) in [6, 6.07) is 7.93. The first kappa shape index (κ1) is 16.7. The minimum Gasteiger partial charge on any atom is -0.465 e. The van der Waals surface area contributed by atoms with Crippen molar-refractivity contribution >= 4 is 29.2 Å². The molecule has 0 spiro atoms. The fraction of sp³-hybridized carbons (Fsp3) is 0.0588. The molecule has 0 saturated carbocycles. The Morgan fingerprint density at radius 2 is 2.08 bits per heavy atom. The van der Waals surface area contributed by atoms with Gasteiger partial charge >= 0.3 is 5.97 Å². The molecule has 0 aliphatic rings. The highest BCUT2D eigenvalue weighted by molar-refractivity contribution is 6.33. The number of methoxy groups -OCH3 is 1. The fourth-order valence-electron chi connectivity index (χ4n) is 2.14. The minimum absolute atomic E-state index is 0.176. The maximum Gasteiger partial charge on any atom is 0.339 e. The third-order valence-corrected chi connectivity index (χ3v) is 3.74. The van der Waals surface area contributed by atoms with Crippen LogP contribution in [0, 0.1) is 0 Å². The largest absolute Gasteiger partial charge is 0.465 e. The van der Waals surface area contributed by atoms with Crippen LogP contribution < -0.4 is 5.32 Å². The number of amides is 1. The number of hydrogen-bond donors (Lipinski definition) is 1. The summed E-state index contributed by atoms with van der Waals surface area (Å²) in [4.78, 5) is 32.2. The maximum atomic E-state index is 12.3. The molecule has 3 aromatic rings. The highest BCUT2D eigenvalue weighted by Gasteiger charge is 2.13. The average molecular weight is 357 g/mol. The fourth-order valence-corrected chi connectivity index (χ4v) is 2.34. The van der Waals surface area contributed by atoms with E-state index in [9.17, 15) is 9.59 Å². The zero-order valence-electron chi connectivity index (χ0n) is 13.1. The number of halogens is 1. The van der Waals surface area contributed by atoms with E-state index in [1.165, 1.54) is 25.4 Å². The number of nitrogens with zero attached hydrogens (tertiary/aromatic N) is 3. The van der Waals surface area contributed by atoms with Crippen molar-refractivity contribution in [2.75, 3.05) is 12.4 Å². The molecule has 3 rings (SSSR count). The molecule has 1 aromatic carbocycles. The van der Waals surface area contributed by atoms with Crippen LogP contribution in [0.2, 0.25) is 5.02 Å². The van der Waals surface area contributed by atoms with E-state index < -0.39 is 5.97 Å². The number of esters is 1. The molecule has 0 atom stereocenters. The number of rotatable bonds is 4. The first-order chi connectivity index (χ1) is 12.1. The number of pyridine rings is 1. The number of imidazole rings is 1. The number of carbonyl (C=O) groups is 2. The smallest absolute Gasteiger partial charge is 0.339 e. The normalized spacial score (nSPS) is 10.3. The molecular weight excluding hydrogens is 344 g/mol. The molecule has 2 heterocycles. The highest BCUT2D eigenvalue weighted by atomic mass is 35.5. The molecule has 2 aromatic heterocycles. The van der Waals surface area contributed by atoms with Crippen LogP contribution in [0.4, 0.5) is 5.69 Å². The van der Waals surface area contributed by atoms with Crippen molar-refractivity contribution in [1.29, 1.82) is 0 Å². The Kier molecular flexibility index (Phi) is 4.76. The maximum absolute atomic E-state index is 12.3. The summed E-state index contributed by atoms with van der Waals surface area (Å²) in [7, 11) is 1.26. The third kappa shape index (κ3) is 3.67. The van der Waals surface area contributed by atoms with Gasteiger partial charge in [-0.15, -0.1) is 0 Å². The molecule has 8 heteroatoms. The van der Waals surface area contributed by atoms with E-state index in [0.717, 1.165) is 0 Å². The molecule has 0 aliphatic carbocycles. The van der Waals surface area contributed by atoms with Gasteiger partial charge < -0.3 is 10.1 Å². The number of aromatic nitrogens is 3. The molecule has 0 aliphatic heterocycles. The number of benzene rings is 1. The Labute approximate surface area is 148 Å². The van der Waals surface area contributed by atoms with Crippen molar-refractivity contribution in [3.05, 3.63) is 71.4 Å². The van der Waals surface area contributed by atoms with Gasteiger partial charge in [0.1, 0.15) is 12.1 Å². The summed E-state index contributed by atoms with van der Waals surface area (Å²) in [6.45, 7) is 0. The lowest BCUT2D eigenvalue weighted by molar-refractivity contribution is 0.0600. The summed E-state index contributed by atoms with van der Waals surface area (Å²) in [5.41, 5.74) is 0.975. The van der Waals surface area contributed by atoms with Gasteiger partial charge in [-0.2, -0.15) is 0 Å². The highest BCUT2D eigenvalue weighted by Crippen LogP contribution is 2.22. The number of anilines is 1. The minimum atomic E-state index is -0.576. The Hall–Kier alpha value is -3.19. The van der Waals surface area contributed by atoms with Gasteiger partial charge in [0, 0.05) is 24.3 Å². The Morgan fingerprint density at radius 1 is 1.24 bits per heavy atom. The zero-order chi connectivity index (χ0) is 17.8. The van der Waals surface area contributed by atoms with Gasteiger partial charge in [-0.1, -0.05) is 11.6 Å². The second-order valence-corrected chi connectivity index (χ2v) is 5.42. The Bertz CT molecular complexity index is 908. The van der Waals surface area contributed by atoms with E-state index in [1.54, 1.807) is 41.5 Å². The van der Waals surface area contributed by atoms with Crippen LogP contribution in [-0.2, 0) is 4.74 Å². The van der Waals surface area contributed by atoms with Gasteiger partial charge in [0.25, 0.3) is 5.91 Å². The SMILES string of the molecule is COC(=O)c1cc(NC(=O)c2ccc(-n3ccnc3)nc2)ccc1Cl. The molecule has 1 N–H and O–H groups in total. The Balaban J connectivity index is 1.77. The number of ether oxygens (including phenoxy) is 1. The van der Waals surface area contributed by atoms with E-state index in [-0.39, 0.29) is 16.5 Å². The van der Waals surface area contributed by atoms with E-state index in [0.29, 0.717) is 17.1 Å². The van der Waals surface area contributed by atoms with Gasteiger partial charge in [-0.05, 0) is 30.3 Å². The molecule has 0 bridgehead atoms. The van der Waals surface area contributed by atoms with Gasteiger partial charge in [-0.3, -0.25) is 9.36 Å². The van der Waals surface area contributed by atoms with Crippen molar-refractivity contribution in [2.24, 2.45) is 0 Å². The number of nitrogens with one attached hydrogen (secondary N) is 1. The summed E-state index contributed by atoms with van der Waals surface area (Å²) < 4.78 is 6.38. The van der Waals surface area contributed by atoms with E-state index in [4.69, 9.17) is 11.6 Å².